The number of aromatic amines is 1. The van der Waals surface area contributed by atoms with Crippen LogP contribution in [0.4, 0.5) is 17.6 Å². The van der Waals surface area contributed by atoms with Crippen molar-refractivity contribution in [2.75, 3.05) is 0 Å². The quantitative estimate of drug-likeness (QED) is 0.585. The number of aromatic nitrogens is 4. The van der Waals surface area contributed by atoms with Crippen molar-refractivity contribution in [3.63, 3.8) is 0 Å². The number of hydrogen-bond acceptors (Lipinski definition) is 5. The van der Waals surface area contributed by atoms with E-state index in [1.807, 2.05) is 0 Å². The summed E-state index contributed by atoms with van der Waals surface area (Å²) in [5, 5.41) is 23.2. The van der Waals surface area contributed by atoms with Crippen LogP contribution >= 0.6 is 0 Å². The summed E-state index contributed by atoms with van der Waals surface area (Å²) in [4.78, 5) is 18.0. The van der Waals surface area contributed by atoms with E-state index in [2.05, 4.69) is 15.1 Å². The van der Waals surface area contributed by atoms with E-state index in [1.54, 1.807) is 13.8 Å². The van der Waals surface area contributed by atoms with E-state index < -0.39 is 41.8 Å². The number of H-pyrrole nitrogens is 1. The first kappa shape index (κ1) is 19.8. The van der Waals surface area contributed by atoms with E-state index in [0.29, 0.717) is 6.07 Å². The Bertz CT molecular complexity index is 1090. The summed E-state index contributed by atoms with van der Waals surface area (Å²) in [7, 11) is 0. The number of aliphatic hydroxyl groups excluding tert-OH is 1. The zero-order valence-electron chi connectivity index (χ0n) is 14.8. The molecule has 7 nitrogen and oxygen atoms in total. The van der Waals surface area contributed by atoms with E-state index in [9.17, 15) is 32.6 Å². The molecule has 28 heavy (non-hydrogen) atoms. The first-order valence-corrected chi connectivity index (χ1v) is 8.22. The van der Waals surface area contributed by atoms with Crippen molar-refractivity contribution in [3.8, 4) is 6.01 Å². The highest BCUT2D eigenvalue weighted by Crippen LogP contribution is 2.35. The molecule has 1 atom stereocenters. The van der Waals surface area contributed by atoms with Crippen molar-refractivity contribution in [2.45, 2.75) is 32.7 Å². The monoisotopic (exact) mass is 400 g/mol. The first-order valence-electron chi connectivity index (χ1n) is 8.22. The Kier molecular flexibility index (Phi) is 4.88. The maximum absolute atomic E-state index is 14.1. The number of hydrogen-bond donors (Lipinski definition) is 3. The van der Waals surface area contributed by atoms with E-state index >= 15 is 0 Å². The van der Waals surface area contributed by atoms with E-state index in [0.717, 1.165) is 12.1 Å². The molecule has 1 aromatic carbocycles. The highest BCUT2D eigenvalue weighted by Gasteiger charge is 2.35. The lowest BCUT2D eigenvalue weighted by Crippen LogP contribution is -2.20. The van der Waals surface area contributed by atoms with Crippen molar-refractivity contribution >= 4 is 11.0 Å². The Morgan fingerprint density at radius 2 is 1.96 bits per heavy atom. The van der Waals surface area contributed by atoms with Gasteiger partial charge in [-0.25, -0.2) is 9.07 Å². The maximum Gasteiger partial charge on any atom is 0.419 e. The van der Waals surface area contributed by atoms with Gasteiger partial charge >= 0.3 is 6.18 Å². The van der Waals surface area contributed by atoms with Gasteiger partial charge < -0.3 is 10.2 Å². The lowest BCUT2D eigenvalue weighted by Gasteiger charge is -2.23. The molecule has 11 heteroatoms. The van der Waals surface area contributed by atoms with Crippen molar-refractivity contribution in [1.29, 1.82) is 0 Å². The number of rotatable bonds is 4. The Morgan fingerprint density at radius 1 is 1.29 bits per heavy atom. The Balaban J connectivity index is 2.25. The van der Waals surface area contributed by atoms with Crippen LogP contribution in [0.25, 0.3) is 11.0 Å². The lowest BCUT2D eigenvalue weighted by atomic mass is 9.95. The minimum absolute atomic E-state index is 0.0261. The second-order valence-electron chi connectivity index (χ2n) is 6.56. The van der Waals surface area contributed by atoms with Gasteiger partial charge in [0.15, 0.2) is 5.65 Å². The first-order chi connectivity index (χ1) is 13.0. The Labute approximate surface area is 155 Å². The second-order valence-corrected chi connectivity index (χ2v) is 6.56. The van der Waals surface area contributed by atoms with Gasteiger partial charge in [-0.05, 0) is 23.6 Å². The van der Waals surface area contributed by atoms with Gasteiger partial charge in [-0.15, -0.1) is 0 Å². The van der Waals surface area contributed by atoms with Crippen LogP contribution in [0.3, 0.4) is 0 Å². The molecule has 0 fully saturated rings. The molecule has 0 spiro atoms. The van der Waals surface area contributed by atoms with Gasteiger partial charge in [-0.1, -0.05) is 19.9 Å². The van der Waals surface area contributed by atoms with Crippen LogP contribution in [0.1, 0.15) is 36.7 Å². The van der Waals surface area contributed by atoms with Gasteiger partial charge in [0.25, 0.3) is 11.6 Å². The molecular formula is C17H16F4N4O3. The number of halogens is 4. The van der Waals surface area contributed by atoms with Gasteiger partial charge in [0.2, 0.25) is 0 Å². The van der Waals surface area contributed by atoms with Gasteiger partial charge in [0, 0.05) is 0 Å². The van der Waals surface area contributed by atoms with Crippen molar-refractivity contribution < 1.29 is 27.8 Å². The fourth-order valence-electron chi connectivity index (χ4n) is 3.16. The molecule has 0 saturated carbocycles. The van der Waals surface area contributed by atoms with Gasteiger partial charge in [0.05, 0.1) is 18.2 Å². The normalized spacial score (nSPS) is 13.4. The standard InChI is InChI=1S/C17H16F4N4O3/c1-7(2)13(8-3-4-9(10(18)5-8)17(19,20)21)25-14-12(11(6-26)24-25)15(27)23-16(28)22-14/h3-5,7,13,26H,6H2,1-2H3,(H2,22,23,27,28). The fourth-order valence-corrected chi connectivity index (χ4v) is 3.16. The lowest BCUT2D eigenvalue weighted by molar-refractivity contribution is -0.140. The predicted octanol–water partition coefficient (Wildman–Crippen LogP) is 2.72. The molecule has 3 N–H and O–H groups in total. The predicted molar refractivity (Wildman–Crippen MR) is 90.1 cm³/mol. The number of nitrogens with zero attached hydrogens (tertiary/aromatic N) is 3. The number of aliphatic hydroxyl groups is 1. The molecule has 0 radical (unpaired) electrons. The number of fused-ring (bicyclic) bond motifs is 1. The van der Waals surface area contributed by atoms with Gasteiger partial charge in [-0.2, -0.15) is 23.3 Å². The van der Waals surface area contributed by atoms with Crippen molar-refractivity contribution in [3.05, 3.63) is 51.2 Å². The SMILES string of the molecule is CC(C)C(c1ccc(C(F)(F)F)c(F)c1)n1nc(CO)c2c(=O)[nH]c(O)nc21. The number of nitrogens with one attached hydrogen (secondary N) is 1. The van der Waals surface area contributed by atoms with E-state index in [-0.39, 0.29) is 28.2 Å². The van der Waals surface area contributed by atoms with E-state index in [4.69, 9.17) is 0 Å². The van der Waals surface area contributed by atoms with Gasteiger partial charge in [-0.3, -0.25) is 9.78 Å². The molecule has 0 saturated heterocycles. The molecule has 0 amide bonds. The third-order valence-electron chi connectivity index (χ3n) is 4.31. The smallest absolute Gasteiger partial charge is 0.419 e. The fraction of sp³-hybridized carbons (Fsp3) is 0.353. The molecular weight excluding hydrogens is 384 g/mol. The highest BCUT2D eigenvalue weighted by molar-refractivity contribution is 5.77. The van der Waals surface area contributed by atoms with Gasteiger partial charge in [0.1, 0.15) is 16.9 Å². The van der Waals surface area contributed by atoms with Crippen LogP contribution in [0.2, 0.25) is 0 Å². The summed E-state index contributed by atoms with van der Waals surface area (Å²) < 4.78 is 53.8. The van der Waals surface area contributed by atoms with Crippen LogP contribution < -0.4 is 5.56 Å². The Morgan fingerprint density at radius 3 is 2.50 bits per heavy atom. The molecule has 1 unspecified atom stereocenters. The van der Waals surface area contributed by atoms with Crippen LogP contribution in [0, 0.1) is 11.7 Å². The molecule has 2 heterocycles. The third-order valence-corrected chi connectivity index (χ3v) is 4.31. The minimum Gasteiger partial charge on any atom is -0.480 e. The summed E-state index contributed by atoms with van der Waals surface area (Å²) in [5.74, 6) is -1.75. The molecule has 0 bridgehead atoms. The van der Waals surface area contributed by atoms with Crippen LogP contribution in [-0.2, 0) is 12.8 Å². The average molecular weight is 400 g/mol. The summed E-state index contributed by atoms with van der Waals surface area (Å²) in [6.45, 7) is 2.84. The second kappa shape index (κ2) is 6.89. The molecule has 150 valence electrons. The summed E-state index contributed by atoms with van der Waals surface area (Å²) in [6.07, 6.45) is -4.83. The zero-order chi connectivity index (χ0) is 20.8. The number of aromatic hydroxyl groups is 1. The molecule has 0 aliphatic heterocycles. The van der Waals surface area contributed by atoms with Crippen molar-refractivity contribution in [1.82, 2.24) is 19.7 Å². The van der Waals surface area contributed by atoms with Crippen LogP contribution in [-0.4, -0.2) is 30.0 Å². The summed E-state index contributed by atoms with van der Waals surface area (Å²) >= 11 is 0. The van der Waals surface area contributed by atoms with Crippen LogP contribution in [0.15, 0.2) is 23.0 Å². The van der Waals surface area contributed by atoms with E-state index in [1.165, 1.54) is 4.68 Å². The molecule has 3 rings (SSSR count). The number of alkyl halides is 3. The molecule has 3 aromatic rings. The molecule has 0 aliphatic carbocycles. The third kappa shape index (κ3) is 3.33. The number of benzene rings is 1. The molecule has 2 aromatic heterocycles. The minimum atomic E-state index is -4.83. The zero-order valence-corrected chi connectivity index (χ0v) is 14.8. The molecule has 0 aliphatic rings. The summed E-state index contributed by atoms with van der Waals surface area (Å²) in [5.41, 5.74) is -2.08. The largest absolute Gasteiger partial charge is 0.480 e. The van der Waals surface area contributed by atoms with Crippen LogP contribution in [0.5, 0.6) is 6.01 Å². The topological polar surface area (TPSA) is 104 Å². The maximum atomic E-state index is 14.1. The summed E-state index contributed by atoms with van der Waals surface area (Å²) in [6, 6.07) is 1.01. The average Bonchev–Trinajstić information content (AvgIpc) is 2.92. The highest BCUT2D eigenvalue weighted by atomic mass is 19.4. The van der Waals surface area contributed by atoms with Crippen molar-refractivity contribution in [2.24, 2.45) is 5.92 Å². The Hall–Kier alpha value is -2.95.